The Morgan fingerprint density at radius 1 is 1.03 bits per heavy atom. The molecule has 1 amide bonds. The monoisotopic (exact) mass is 390 g/mol. The maximum Gasteiger partial charge on any atom is 0.255 e. The molecule has 1 saturated carbocycles. The maximum atomic E-state index is 13.0. The molecule has 29 heavy (non-hydrogen) atoms. The third-order valence-electron chi connectivity index (χ3n) is 6.64. The number of rotatable bonds is 5. The molecule has 2 saturated heterocycles. The molecule has 1 aliphatic carbocycles. The van der Waals surface area contributed by atoms with E-state index < -0.39 is 0 Å². The maximum absolute atomic E-state index is 13.0. The van der Waals surface area contributed by atoms with E-state index in [1.54, 1.807) is 6.20 Å². The summed E-state index contributed by atoms with van der Waals surface area (Å²) in [6.07, 6.45) is 7.70. The molecule has 3 fully saturated rings. The van der Waals surface area contributed by atoms with Gasteiger partial charge < -0.3 is 10.2 Å². The molecule has 0 bridgehead atoms. The number of carbonyl (C=O) groups excluding carboxylic acids is 1. The Morgan fingerprint density at radius 3 is 2.66 bits per heavy atom. The van der Waals surface area contributed by atoms with Gasteiger partial charge in [0.25, 0.3) is 5.91 Å². The van der Waals surface area contributed by atoms with E-state index in [2.05, 4.69) is 50.4 Å². The van der Waals surface area contributed by atoms with Crippen molar-refractivity contribution in [2.75, 3.05) is 25.0 Å². The molecule has 2 atom stereocenters. The summed E-state index contributed by atoms with van der Waals surface area (Å²) in [4.78, 5) is 22.2. The molecule has 0 unspecified atom stereocenters. The van der Waals surface area contributed by atoms with Gasteiger partial charge in [-0.1, -0.05) is 30.3 Å². The molecule has 5 heteroatoms. The second-order valence-corrected chi connectivity index (χ2v) is 8.82. The topological polar surface area (TPSA) is 48.5 Å². The van der Waals surface area contributed by atoms with E-state index in [1.165, 1.54) is 37.8 Å². The first-order valence-corrected chi connectivity index (χ1v) is 11.1. The number of benzene rings is 1. The van der Waals surface area contributed by atoms with Gasteiger partial charge in [-0.05, 0) is 62.3 Å². The average Bonchev–Trinajstić information content (AvgIpc) is 3.58. The van der Waals surface area contributed by atoms with Crippen LogP contribution in [-0.4, -0.2) is 52.4 Å². The summed E-state index contributed by atoms with van der Waals surface area (Å²) in [6.45, 7) is 3.91. The number of nitrogens with one attached hydrogen (secondary N) is 1. The minimum Gasteiger partial charge on any atom is -0.367 e. The zero-order chi connectivity index (χ0) is 19.6. The predicted octanol–water partition coefficient (Wildman–Crippen LogP) is 3.78. The quantitative estimate of drug-likeness (QED) is 0.844. The SMILES string of the molecule is O=C(c1ccc(NC2CC2)nc1)N1CC[C@H]2[C@H](CCCN2Cc2ccccc2)C1. The zero-order valence-corrected chi connectivity index (χ0v) is 17.0. The minimum atomic E-state index is 0.133. The highest BCUT2D eigenvalue weighted by Gasteiger charge is 2.37. The van der Waals surface area contributed by atoms with Gasteiger partial charge in [0.1, 0.15) is 5.82 Å². The summed E-state index contributed by atoms with van der Waals surface area (Å²) in [5.41, 5.74) is 2.10. The van der Waals surface area contributed by atoms with Gasteiger partial charge in [0.15, 0.2) is 0 Å². The van der Waals surface area contributed by atoms with Crippen molar-refractivity contribution >= 4 is 11.7 Å². The van der Waals surface area contributed by atoms with E-state index in [0.29, 0.717) is 23.6 Å². The van der Waals surface area contributed by atoms with Crippen molar-refractivity contribution < 1.29 is 4.79 Å². The highest BCUT2D eigenvalue weighted by molar-refractivity contribution is 5.94. The average molecular weight is 391 g/mol. The van der Waals surface area contributed by atoms with Gasteiger partial charge in [-0.2, -0.15) is 0 Å². The number of fused-ring (bicyclic) bond motifs is 1. The molecule has 0 radical (unpaired) electrons. The lowest BCUT2D eigenvalue weighted by Crippen LogP contribution is -2.54. The number of carbonyl (C=O) groups is 1. The first-order valence-electron chi connectivity index (χ1n) is 11.1. The number of hydrogen-bond acceptors (Lipinski definition) is 4. The molecule has 3 heterocycles. The number of piperidine rings is 2. The van der Waals surface area contributed by atoms with Crippen molar-refractivity contribution in [1.29, 1.82) is 0 Å². The fourth-order valence-corrected chi connectivity index (χ4v) is 4.93. The van der Waals surface area contributed by atoms with E-state index in [4.69, 9.17) is 0 Å². The Labute approximate surface area is 173 Å². The predicted molar refractivity (Wildman–Crippen MR) is 115 cm³/mol. The van der Waals surface area contributed by atoms with Crippen molar-refractivity contribution in [3.8, 4) is 0 Å². The normalized spacial score (nSPS) is 24.8. The lowest BCUT2D eigenvalue weighted by molar-refractivity contribution is 0.0175. The number of hydrogen-bond donors (Lipinski definition) is 1. The summed E-state index contributed by atoms with van der Waals surface area (Å²) < 4.78 is 0. The van der Waals surface area contributed by atoms with Crippen LogP contribution in [0.5, 0.6) is 0 Å². The molecular formula is C24H30N4O. The number of aromatic nitrogens is 1. The van der Waals surface area contributed by atoms with Crippen LogP contribution in [0, 0.1) is 5.92 Å². The highest BCUT2D eigenvalue weighted by atomic mass is 16.2. The van der Waals surface area contributed by atoms with Gasteiger partial charge in [-0.15, -0.1) is 0 Å². The highest BCUT2D eigenvalue weighted by Crippen LogP contribution is 2.32. The fraction of sp³-hybridized carbons (Fsp3) is 0.500. The molecule has 2 aliphatic heterocycles. The molecule has 1 N–H and O–H groups in total. The zero-order valence-electron chi connectivity index (χ0n) is 17.0. The van der Waals surface area contributed by atoms with Gasteiger partial charge in [0.05, 0.1) is 5.56 Å². The molecule has 152 valence electrons. The molecular weight excluding hydrogens is 360 g/mol. The van der Waals surface area contributed by atoms with Crippen LogP contribution in [0.15, 0.2) is 48.7 Å². The van der Waals surface area contributed by atoms with Crippen molar-refractivity contribution in [1.82, 2.24) is 14.8 Å². The molecule has 0 spiro atoms. The summed E-state index contributed by atoms with van der Waals surface area (Å²) in [7, 11) is 0. The Morgan fingerprint density at radius 2 is 1.90 bits per heavy atom. The summed E-state index contributed by atoms with van der Waals surface area (Å²) in [5.74, 6) is 1.59. The number of nitrogens with zero attached hydrogens (tertiary/aromatic N) is 3. The van der Waals surface area contributed by atoms with Gasteiger partial charge in [0.2, 0.25) is 0 Å². The Hall–Kier alpha value is -2.40. The lowest BCUT2D eigenvalue weighted by Gasteiger charge is -2.47. The standard InChI is InChI=1S/C24H30N4O/c29-24(19-8-11-23(25-15-19)26-21-9-10-21)28-14-12-22-20(17-28)7-4-13-27(22)16-18-5-2-1-3-6-18/h1-3,5-6,8,11,15,20-22H,4,7,9-10,12-14,16-17H2,(H,25,26)/t20-,22+/m1/s1. The van der Waals surface area contributed by atoms with Crippen LogP contribution in [0.4, 0.5) is 5.82 Å². The molecule has 5 nitrogen and oxygen atoms in total. The van der Waals surface area contributed by atoms with E-state index in [1.807, 2.05) is 12.1 Å². The lowest BCUT2D eigenvalue weighted by atomic mass is 9.83. The van der Waals surface area contributed by atoms with Crippen LogP contribution < -0.4 is 5.32 Å². The van der Waals surface area contributed by atoms with E-state index in [-0.39, 0.29) is 5.91 Å². The first-order chi connectivity index (χ1) is 14.3. The van der Waals surface area contributed by atoms with Crippen LogP contribution >= 0.6 is 0 Å². The van der Waals surface area contributed by atoms with Gasteiger partial charge in [0, 0.05) is 37.9 Å². The van der Waals surface area contributed by atoms with E-state index in [0.717, 1.165) is 31.9 Å². The van der Waals surface area contributed by atoms with Crippen LogP contribution in [0.25, 0.3) is 0 Å². The van der Waals surface area contributed by atoms with Gasteiger partial charge in [-0.3, -0.25) is 9.69 Å². The molecule has 1 aromatic carbocycles. The Balaban J connectivity index is 1.21. The smallest absolute Gasteiger partial charge is 0.255 e. The Kier molecular flexibility index (Phi) is 5.23. The van der Waals surface area contributed by atoms with Crippen molar-refractivity contribution in [2.45, 2.75) is 50.7 Å². The Bertz CT molecular complexity index is 834. The number of pyridine rings is 1. The van der Waals surface area contributed by atoms with Crippen molar-refractivity contribution in [3.63, 3.8) is 0 Å². The fourth-order valence-electron chi connectivity index (χ4n) is 4.93. The summed E-state index contributed by atoms with van der Waals surface area (Å²) in [5, 5.41) is 3.38. The van der Waals surface area contributed by atoms with Crippen molar-refractivity contribution in [2.24, 2.45) is 5.92 Å². The van der Waals surface area contributed by atoms with Crippen LogP contribution in [0.3, 0.4) is 0 Å². The van der Waals surface area contributed by atoms with Crippen LogP contribution in [0.1, 0.15) is 48.0 Å². The van der Waals surface area contributed by atoms with Gasteiger partial charge in [-0.25, -0.2) is 4.98 Å². The minimum absolute atomic E-state index is 0.133. The number of anilines is 1. The van der Waals surface area contributed by atoms with Crippen LogP contribution in [-0.2, 0) is 6.54 Å². The second-order valence-electron chi connectivity index (χ2n) is 8.82. The van der Waals surface area contributed by atoms with Gasteiger partial charge >= 0.3 is 0 Å². The largest absolute Gasteiger partial charge is 0.367 e. The second kappa shape index (κ2) is 8.15. The van der Waals surface area contributed by atoms with Crippen molar-refractivity contribution in [3.05, 3.63) is 59.8 Å². The van der Waals surface area contributed by atoms with Crippen LogP contribution in [0.2, 0.25) is 0 Å². The summed E-state index contributed by atoms with van der Waals surface area (Å²) >= 11 is 0. The van der Waals surface area contributed by atoms with E-state index >= 15 is 0 Å². The number of likely N-dealkylation sites (tertiary alicyclic amines) is 2. The summed E-state index contributed by atoms with van der Waals surface area (Å²) in [6, 6.07) is 15.8. The first kappa shape index (κ1) is 18.6. The third-order valence-corrected chi connectivity index (χ3v) is 6.64. The molecule has 2 aromatic rings. The van der Waals surface area contributed by atoms with E-state index in [9.17, 15) is 4.79 Å². The molecule has 1 aromatic heterocycles. The number of amides is 1. The molecule has 3 aliphatic rings. The molecule has 5 rings (SSSR count). The third kappa shape index (κ3) is 4.30.